The molecule has 0 saturated heterocycles. The van der Waals surface area contributed by atoms with Gasteiger partial charge in [-0.3, -0.25) is 9.78 Å². The van der Waals surface area contributed by atoms with Gasteiger partial charge in [-0.2, -0.15) is 9.50 Å². The molecule has 0 spiro atoms. The summed E-state index contributed by atoms with van der Waals surface area (Å²) in [4.78, 5) is 20.7. The number of nitrogens with zero attached hydrogens (tertiary/aromatic N) is 7. The highest BCUT2D eigenvalue weighted by Gasteiger charge is 2.19. The summed E-state index contributed by atoms with van der Waals surface area (Å²) in [6, 6.07) is 10.6. The van der Waals surface area contributed by atoms with Gasteiger partial charge in [0.05, 0.1) is 17.9 Å². The number of pyridine rings is 1. The van der Waals surface area contributed by atoms with Crippen LogP contribution in [0.3, 0.4) is 0 Å². The van der Waals surface area contributed by atoms with Crippen molar-refractivity contribution >= 4 is 22.3 Å². The first-order chi connectivity index (χ1) is 16.5. The van der Waals surface area contributed by atoms with Gasteiger partial charge < -0.3 is 19.7 Å². The molecule has 5 aromatic rings. The molecule has 2 N–H and O–H groups in total. The standard InChI is InChI=1S/C22H20N8O4/c1-12(10-31)24-21(32)14-7-8-15(23-9-14)11-33-22-17-6-4-3-5-16(17)19-26-27-20(30(19)28-22)18-25-13(2)34-29-18/h3-9,12,31H,10-11H2,1-2H3,(H,24,32)/t12-/m1/s1. The molecule has 172 valence electrons. The summed E-state index contributed by atoms with van der Waals surface area (Å²) in [6.45, 7) is 3.38. The molecule has 0 aliphatic rings. The van der Waals surface area contributed by atoms with E-state index in [1.807, 2.05) is 24.3 Å². The summed E-state index contributed by atoms with van der Waals surface area (Å²) >= 11 is 0. The maximum absolute atomic E-state index is 12.2. The first-order valence-corrected chi connectivity index (χ1v) is 10.5. The van der Waals surface area contributed by atoms with Crippen molar-refractivity contribution in [1.29, 1.82) is 0 Å². The highest BCUT2D eigenvalue weighted by molar-refractivity contribution is 5.97. The van der Waals surface area contributed by atoms with Crippen LogP contribution in [0.25, 0.3) is 28.1 Å². The van der Waals surface area contributed by atoms with Gasteiger partial charge in [0.2, 0.25) is 23.4 Å². The topological polar surface area (TPSA) is 153 Å². The Morgan fingerprint density at radius 2 is 2.03 bits per heavy atom. The quantitative estimate of drug-likeness (QED) is 0.367. The van der Waals surface area contributed by atoms with E-state index in [0.717, 1.165) is 10.8 Å². The van der Waals surface area contributed by atoms with Crippen LogP contribution in [-0.4, -0.2) is 58.6 Å². The lowest BCUT2D eigenvalue weighted by molar-refractivity contribution is 0.0922. The average Bonchev–Trinajstić information content (AvgIpc) is 3.48. The third kappa shape index (κ3) is 4.01. The molecule has 34 heavy (non-hydrogen) atoms. The van der Waals surface area contributed by atoms with Gasteiger partial charge in [0.1, 0.15) is 6.61 Å². The number of rotatable bonds is 7. The second-order valence-electron chi connectivity index (χ2n) is 7.63. The zero-order valence-corrected chi connectivity index (χ0v) is 18.3. The number of aliphatic hydroxyl groups is 1. The van der Waals surface area contributed by atoms with Crippen molar-refractivity contribution in [1.82, 2.24) is 40.3 Å². The summed E-state index contributed by atoms with van der Waals surface area (Å²) in [5, 5.41) is 30.2. The minimum absolute atomic E-state index is 0.121. The molecular formula is C22H20N8O4. The Bertz CT molecular complexity index is 1480. The smallest absolute Gasteiger partial charge is 0.253 e. The highest BCUT2D eigenvalue weighted by atomic mass is 16.5. The number of ether oxygens (including phenoxy) is 1. The number of hydrogen-bond donors (Lipinski definition) is 2. The van der Waals surface area contributed by atoms with Gasteiger partial charge in [-0.1, -0.05) is 23.4 Å². The Morgan fingerprint density at radius 1 is 1.21 bits per heavy atom. The molecule has 0 aliphatic carbocycles. The lowest BCUT2D eigenvalue weighted by Gasteiger charge is -2.11. The molecule has 5 rings (SSSR count). The Kier molecular flexibility index (Phi) is 5.55. The number of benzene rings is 1. The molecule has 0 unspecified atom stereocenters. The van der Waals surface area contributed by atoms with E-state index in [4.69, 9.17) is 14.4 Å². The SMILES string of the molecule is Cc1nc(-c2nnc3c4ccccc4c(OCc4ccc(C(=O)N[C@H](C)CO)cn4)nn23)no1. The van der Waals surface area contributed by atoms with Crippen molar-refractivity contribution in [3.8, 4) is 17.5 Å². The van der Waals surface area contributed by atoms with E-state index in [0.29, 0.717) is 34.5 Å². The average molecular weight is 460 g/mol. The molecule has 1 atom stereocenters. The van der Waals surface area contributed by atoms with Crippen LogP contribution in [-0.2, 0) is 6.61 Å². The maximum atomic E-state index is 12.2. The van der Waals surface area contributed by atoms with Gasteiger partial charge in [-0.15, -0.1) is 15.3 Å². The highest BCUT2D eigenvalue weighted by Crippen LogP contribution is 2.28. The van der Waals surface area contributed by atoms with E-state index in [9.17, 15) is 4.79 Å². The van der Waals surface area contributed by atoms with Crippen LogP contribution in [0.1, 0.15) is 28.9 Å². The van der Waals surface area contributed by atoms with E-state index in [1.165, 1.54) is 10.7 Å². The molecule has 0 bridgehead atoms. The fourth-order valence-electron chi connectivity index (χ4n) is 3.33. The fraction of sp³-hybridized carbons (Fsp3) is 0.227. The zero-order chi connectivity index (χ0) is 23.7. The van der Waals surface area contributed by atoms with Crippen molar-refractivity contribution in [2.75, 3.05) is 6.61 Å². The Morgan fingerprint density at radius 3 is 2.74 bits per heavy atom. The maximum Gasteiger partial charge on any atom is 0.253 e. The lowest BCUT2D eigenvalue weighted by atomic mass is 10.2. The van der Waals surface area contributed by atoms with Gasteiger partial charge in [-0.25, -0.2) is 0 Å². The minimum atomic E-state index is -0.344. The number of aryl methyl sites for hydroxylation is 1. The Balaban J connectivity index is 1.43. The second-order valence-corrected chi connectivity index (χ2v) is 7.63. The van der Waals surface area contributed by atoms with Crippen LogP contribution in [0.2, 0.25) is 0 Å². The summed E-state index contributed by atoms with van der Waals surface area (Å²) in [7, 11) is 0. The van der Waals surface area contributed by atoms with Crippen molar-refractivity contribution in [3.63, 3.8) is 0 Å². The predicted molar refractivity (Wildman–Crippen MR) is 119 cm³/mol. The first-order valence-electron chi connectivity index (χ1n) is 10.5. The van der Waals surface area contributed by atoms with Crippen molar-refractivity contribution in [3.05, 3.63) is 59.7 Å². The molecule has 0 saturated carbocycles. The van der Waals surface area contributed by atoms with E-state index >= 15 is 0 Å². The van der Waals surface area contributed by atoms with Crippen molar-refractivity contribution in [2.24, 2.45) is 0 Å². The van der Waals surface area contributed by atoms with Crippen LogP contribution in [0.15, 0.2) is 47.1 Å². The number of carbonyl (C=O) groups is 1. The third-order valence-electron chi connectivity index (χ3n) is 5.05. The number of carbonyl (C=O) groups excluding carboxylic acids is 1. The fourth-order valence-corrected chi connectivity index (χ4v) is 3.33. The Labute approximate surface area is 192 Å². The Hall–Kier alpha value is -4.45. The van der Waals surface area contributed by atoms with Crippen molar-refractivity contribution in [2.45, 2.75) is 26.5 Å². The zero-order valence-electron chi connectivity index (χ0n) is 18.3. The van der Waals surface area contributed by atoms with Crippen LogP contribution in [0.4, 0.5) is 0 Å². The number of nitrogens with one attached hydrogen (secondary N) is 1. The number of aromatic nitrogens is 7. The monoisotopic (exact) mass is 460 g/mol. The van der Waals surface area contributed by atoms with E-state index < -0.39 is 0 Å². The molecule has 4 heterocycles. The minimum Gasteiger partial charge on any atom is -0.470 e. The van der Waals surface area contributed by atoms with Gasteiger partial charge >= 0.3 is 0 Å². The van der Waals surface area contributed by atoms with Gasteiger partial charge in [0.25, 0.3) is 5.91 Å². The molecule has 1 aromatic carbocycles. The van der Waals surface area contributed by atoms with Crippen molar-refractivity contribution < 1.29 is 19.2 Å². The molecule has 12 nitrogen and oxygen atoms in total. The van der Waals surface area contributed by atoms with Gasteiger partial charge in [0.15, 0.2) is 5.65 Å². The largest absolute Gasteiger partial charge is 0.470 e. The predicted octanol–water partition coefficient (Wildman–Crippen LogP) is 1.72. The summed E-state index contributed by atoms with van der Waals surface area (Å²) in [6.07, 6.45) is 1.46. The van der Waals surface area contributed by atoms with Gasteiger partial charge in [-0.05, 0) is 25.1 Å². The number of hydrogen-bond acceptors (Lipinski definition) is 10. The normalized spacial score (nSPS) is 12.2. The molecule has 0 aliphatic heterocycles. The molecule has 12 heteroatoms. The number of aliphatic hydroxyl groups excluding tert-OH is 1. The summed E-state index contributed by atoms with van der Waals surface area (Å²) in [5.41, 5.74) is 1.53. The van der Waals surface area contributed by atoms with E-state index in [2.05, 4.69) is 35.7 Å². The number of amides is 1. The molecular weight excluding hydrogens is 440 g/mol. The molecule has 0 fully saturated rings. The summed E-state index contributed by atoms with van der Waals surface area (Å²) < 4.78 is 12.6. The third-order valence-corrected chi connectivity index (χ3v) is 5.05. The van der Waals surface area contributed by atoms with Gasteiger partial charge in [0, 0.05) is 29.9 Å². The van der Waals surface area contributed by atoms with E-state index in [1.54, 1.807) is 26.0 Å². The second kappa shape index (κ2) is 8.83. The van der Waals surface area contributed by atoms with Crippen LogP contribution in [0.5, 0.6) is 5.88 Å². The van der Waals surface area contributed by atoms with E-state index in [-0.39, 0.29) is 31.0 Å². The molecule has 1 amide bonds. The van der Waals surface area contributed by atoms with Crippen LogP contribution >= 0.6 is 0 Å². The molecule has 0 radical (unpaired) electrons. The molecule has 4 aromatic heterocycles. The number of fused-ring (bicyclic) bond motifs is 3. The van der Waals surface area contributed by atoms with Crippen LogP contribution < -0.4 is 10.1 Å². The first kappa shape index (κ1) is 21.4. The lowest BCUT2D eigenvalue weighted by Crippen LogP contribution is -2.35. The summed E-state index contributed by atoms with van der Waals surface area (Å²) in [5.74, 6) is 1.04. The van der Waals surface area contributed by atoms with Crippen LogP contribution in [0, 0.1) is 6.92 Å².